The number of rotatable bonds is 10. The van der Waals surface area contributed by atoms with E-state index in [2.05, 4.69) is 4.52 Å². The number of alkyl halides is 2. The molecule has 0 saturated carbocycles. The van der Waals surface area contributed by atoms with Crippen LogP contribution in [0.1, 0.15) is 31.7 Å². The molecule has 1 aromatic carbocycles. The summed E-state index contributed by atoms with van der Waals surface area (Å²) in [7, 11) is -5.73. The van der Waals surface area contributed by atoms with E-state index < -0.39 is 85.3 Å². The fourth-order valence-corrected chi connectivity index (χ4v) is 4.60. The molecule has 0 bridgehead atoms. The molecule has 162 valence electrons. The summed E-state index contributed by atoms with van der Waals surface area (Å²) in [6.07, 6.45) is -3.67. The van der Waals surface area contributed by atoms with Crippen LogP contribution in [0.25, 0.3) is 0 Å². The minimum Gasteiger partial charge on any atom is -0.481 e. The van der Waals surface area contributed by atoms with Crippen LogP contribution in [0.5, 0.6) is 0 Å². The molecule has 7 nitrogen and oxygen atoms in total. The lowest BCUT2D eigenvalue weighted by molar-refractivity contribution is -0.143. The number of hydrogen-bond donors (Lipinski definition) is 2. The Hall–Kier alpha value is -2.49. The van der Waals surface area contributed by atoms with Gasteiger partial charge in [-0.2, -0.15) is 8.78 Å². The van der Waals surface area contributed by atoms with Gasteiger partial charge < -0.3 is 14.7 Å². The maximum absolute atomic E-state index is 14.9. The maximum Gasteiger partial charge on any atom is 0.359 e. The summed E-state index contributed by atoms with van der Waals surface area (Å²) in [5, 5.41) is 17.8. The van der Waals surface area contributed by atoms with E-state index in [1.807, 2.05) is 0 Å². The van der Waals surface area contributed by atoms with Gasteiger partial charge in [0.15, 0.2) is 17.5 Å². The molecule has 2 unspecified atom stereocenters. The van der Waals surface area contributed by atoms with Crippen LogP contribution in [0.3, 0.4) is 0 Å². The van der Waals surface area contributed by atoms with Gasteiger partial charge in [0, 0.05) is 12.8 Å². The predicted octanol–water partition coefficient (Wildman–Crippen LogP) is 3.95. The van der Waals surface area contributed by atoms with Gasteiger partial charge in [0.1, 0.15) is 0 Å². The van der Waals surface area contributed by atoms with Crippen LogP contribution < -0.4 is 0 Å². The van der Waals surface area contributed by atoms with E-state index in [4.69, 9.17) is 10.2 Å². The van der Waals surface area contributed by atoms with E-state index >= 15 is 0 Å². The van der Waals surface area contributed by atoms with Gasteiger partial charge in [-0.3, -0.25) is 18.9 Å². The topological polar surface area (TPSA) is 118 Å². The molecule has 13 heteroatoms. The van der Waals surface area contributed by atoms with Crippen LogP contribution >= 0.6 is 7.37 Å². The molecule has 0 spiro atoms. The molecule has 29 heavy (non-hydrogen) atoms. The summed E-state index contributed by atoms with van der Waals surface area (Å²) < 4.78 is 87.4. The van der Waals surface area contributed by atoms with Crippen molar-refractivity contribution < 1.29 is 55.6 Å². The van der Waals surface area contributed by atoms with Crippen molar-refractivity contribution >= 4 is 25.3 Å². The molecule has 1 aromatic rings. The Labute approximate surface area is 160 Å². The summed E-state index contributed by atoms with van der Waals surface area (Å²) >= 11 is 0. The lowest BCUT2D eigenvalue weighted by Crippen LogP contribution is -2.28. The van der Waals surface area contributed by atoms with Crippen molar-refractivity contribution in [3.8, 4) is 0 Å². The minimum absolute atomic E-state index is 0.0905. The maximum atomic E-state index is 14.9. The number of carboxylic acid groups (broad SMARTS) is 2. The average molecular weight is 446 g/mol. The molecule has 2 atom stereocenters. The van der Waals surface area contributed by atoms with Crippen molar-refractivity contribution in [1.29, 1.82) is 0 Å². The molecular formula is C16H16F5O7P. The van der Waals surface area contributed by atoms with Crippen molar-refractivity contribution in [3.63, 3.8) is 0 Å². The lowest BCUT2D eigenvalue weighted by Gasteiger charge is -2.29. The monoisotopic (exact) mass is 446 g/mol. The molecule has 0 saturated heterocycles. The highest BCUT2D eigenvalue weighted by molar-refractivity contribution is 7.60. The zero-order valence-electron chi connectivity index (χ0n) is 14.8. The molecule has 1 rings (SSSR count). The fraction of sp³-hybridized carbons (Fsp3) is 0.438. The first-order valence-electron chi connectivity index (χ1n) is 8.04. The van der Waals surface area contributed by atoms with Crippen LogP contribution in [0.15, 0.2) is 12.1 Å². The van der Waals surface area contributed by atoms with Crippen molar-refractivity contribution in [2.75, 3.05) is 6.16 Å². The van der Waals surface area contributed by atoms with Crippen LogP contribution in [0.4, 0.5) is 22.0 Å². The second-order valence-corrected chi connectivity index (χ2v) is 8.36. The van der Waals surface area contributed by atoms with Gasteiger partial charge in [0.2, 0.25) is 0 Å². The van der Waals surface area contributed by atoms with Crippen molar-refractivity contribution in [2.45, 2.75) is 31.8 Å². The van der Waals surface area contributed by atoms with Crippen molar-refractivity contribution in [2.24, 2.45) is 5.92 Å². The largest absolute Gasteiger partial charge is 0.481 e. The second-order valence-electron chi connectivity index (χ2n) is 5.90. The van der Waals surface area contributed by atoms with Crippen molar-refractivity contribution in [1.82, 2.24) is 0 Å². The van der Waals surface area contributed by atoms with Gasteiger partial charge in [-0.25, -0.2) is 13.2 Å². The third-order valence-corrected chi connectivity index (χ3v) is 6.36. The highest BCUT2D eigenvalue weighted by Gasteiger charge is 2.58. The number of carbonyl (C=O) groups excluding carboxylic acids is 1. The third kappa shape index (κ3) is 5.53. The van der Waals surface area contributed by atoms with E-state index in [0.717, 1.165) is 6.92 Å². The number of halogens is 5. The standard InChI is InChI=1S/C16H16F5O7P/c1-2-12(24)28-29(27,7-8(15(25)26)3-6-11(22)23)16(20,21)9-4-5-10(17)14(19)13(9)18/h4-5,8H,2-3,6-7H2,1H3,(H,22,23)(H,25,26). The highest BCUT2D eigenvalue weighted by Crippen LogP contribution is 2.67. The van der Waals surface area contributed by atoms with E-state index in [1.54, 1.807) is 0 Å². The number of benzene rings is 1. The lowest BCUT2D eigenvalue weighted by atomic mass is 10.1. The van der Waals surface area contributed by atoms with Crippen LogP contribution in [0.2, 0.25) is 0 Å². The van der Waals surface area contributed by atoms with Gasteiger partial charge in [-0.1, -0.05) is 6.92 Å². The molecule has 0 heterocycles. The Morgan fingerprint density at radius 1 is 1.14 bits per heavy atom. The van der Waals surface area contributed by atoms with Gasteiger partial charge >= 0.3 is 30.9 Å². The molecule has 0 amide bonds. The Balaban J connectivity index is 3.50. The Morgan fingerprint density at radius 2 is 1.72 bits per heavy atom. The molecule has 0 fully saturated rings. The second kappa shape index (κ2) is 9.34. The normalized spacial score (nSPS) is 14.7. The molecular weight excluding hydrogens is 430 g/mol. The Bertz CT molecular complexity index is 858. The van der Waals surface area contributed by atoms with Gasteiger partial charge in [-0.15, -0.1) is 0 Å². The Morgan fingerprint density at radius 3 is 2.21 bits per heavy atom. The quantitative estimate of drug-likeness (QED) is 0.317. The summed E-state index contributed by atoms with van der Waals surface area (Å²) in [6.45, 7) is 1.14. The summed E-state index contributed by atoms with van der Waals surface area (Å²) in [5.41, 5.74) is -6.82. The summed E-state index contributed by atoms with van der Waals surface area (Å²) in [4.78, 5) is 33.4. The minimum atomic E-state index is -5.73. The number of carbonyl (C=O) groups is 3. The van der Waals surface area contributed by atoms with E-state index in [-0.39, 0.29) is 12.1 Å². The molecule has 0 aliphatic rings. The molecule has 0 radical (unpaired) electrons. The zero-order chi connectivity index (χ0) is 22.6. The summed E-state index contributed by atoms with van der Waals surface area (Å²) in [5.74, 6) is -13.2. The Kier molecular flexibility index (Phi) is 7.90. The molecule has 0 aliphatic carbocycles. The smallest absolute Gasteiger partial charge is 0.359 e. The number of aliphatic carboxylic acids is 2. The number of hydrogen-bond acceptors (Lipinski definition) is 5. The van der Waals surface area contributed by atoms with Crippen LogP contribution in [0, 0.1) is 23.4 Å². The summed E-state index contributed by atoms with van der Waals surface area (Å²) in [6, 6.07) is 0.222. The molecule has 0 aromatic heterocycles. The van der Waals surface area contributed by atoms with Gasteiger partial charge in [0.05, 0.1) is 17.6 Å². The first-order valence-corrected chi connectivity index (χ1v) is 9.85. The van der Waals surface area contributed by atoms with Gasteiger partial charge in [-0.05, 0) is 18.6 Å². The van der Waals surface area contributed by atoms with Crippen molar-refractivity contribution in [3.05, 3.63) is 35.1 Å². The van der Waals surface area contributed by atoms with Crippen LogP contribution in [-0.2, 0) is 29.1 Å². The van der Waals surface area contributed by atoms with E-state index in [1.165, 1.54) is 0 Å². The fourth-order valence-electron chi connectivity index (χ4n) is 2.26. The zero-order valence-corrected chi connectivity index (χ0v) is 15.7. The molecule has 2 N–H and O–H groups in total. The molecule has 0 aliphatic heterocycles. The SMILES string of the molecule is CCC(=O)OP(=O)(CC(CCC(=O)O)C(=O)O)C(F)(F)c1ccc(F)c(F)c1F. The van der Waals surface area contributed by atoms with E-state index in [9.17, 15) is 40.9 Å². The van der Waals surface area contributed by atoms with E-state index in [0.29, 0.717) is 0 Å². The first kappa shape index (κ1) is 24.5. The average Bonchev–Trinajstić information content (AvgIpc) is 2.62. The first-order chi connectivity index (χ1) is 13.3. The highest BCUT2D eigenvalue weighted by atomic mass is 31.2. The third-order valence-electron chi connectivity index (χ3n) is 3.84. The van der Waals surface area contributed by atoms with Gasteiger partial charge in [0.25, 0.3) is 0 Å². The van der Waals surface area contributed by atoms with Crippen LogP contribution in [-0.4, -0.2) is 34.3 Å². The predicted molar refractivity (Wildman–Crippen MR) is 87.1 cm³/mol. The number of carboxylic acids is 2.